The van der Waals surface area contributed by atoms with Gasteiger partial charge in [0.15, 0.2) is 0 Å². The Hall–Kier alpha value is -0.160. The summed E-state index contributed by atoms with van der Waals surface area (Å²) in [5, 5.41) is 9.32. The highest BCUT2D eigenvalue weighted by Gasteiger charge is 2.21. The predicted molar refractivity (Wildman–Crippen MR) is 88.0 cm³/mol. The van der Waals surface area contributed by atoms with Gasteiger partial charge in [0.2, 0.25) is 0 Å². The first-order valence-corrected chi connectivity index (χ1v) is 8.39. The lowest BCUT2D eigenvalue weighted by Gasteiger charge is -2.28. The van der Waals surface area contributed by atoms with Crippen LogP contribution in [-0.2, 0) is 0 Å². The molecule has 0 aliphatic heterocycles. The normalized spacial score (nSPS) is 15.0. The van der Waals surface area contributed by atoms with E-state index in [1.807, 2.05) is 0 Å². The van der Waals surface area contributed by atoms with Crippen LogP contribution in [0, 0.1) is 0 Å². The molecule has 4 nitrogen and oxygen atoms in total. The van der Waals surface area contributed by atoms with Gasteiger partial charge in [-0.05, 0) is 65.0 Å². The summed E-state index contributed by atoms with van der Waals surface area (Å²) >= 11 is 0. The lowest BCUT2D eigenvalue weighted by atomic mass is 9.92. The molecule has 0 spiro atoms. The van der Waals surface area contributed by atoms with Crippen molar-refractivity contribution in [2.75, 3.05) is 45.9 Å². The second-order valence-electron chi connectivity index (χ2n) is 5.79. The van der Waals surface area contributed by atoms with E-state index in [2.05, 4.69) is 37.5 Å². The number of hydrogen-bond donors (Lipinski definition) is 2. The third kappa shape index (κ3) is 8.20. The summed E-state index contributed by atoms with van der Waals surface area (Å²) in [5.74, 6) is 0. The summed E-state index contributed by atoms with van der Waals surface area (Å²) in [6.45, 7) is 15.6. The first-order valence-electron chi connectivity index (χ1n) is 8.39. The van der Waals surface area contributed by atoms with E-state index < -0.39 is 0 Å². The average molecular weight is 287 g/mol. The molecule has 0 aromatic heterocycles. The second kappa shape index (κ2) is 11.5. The summed E-state index contributed by atoms with van der Waals surface area (Å²) in [4.78, 5) is 4.97. The van der Waals surface area contributed by atoms with Gasteiger partial charge in [-0.3, -0.25) is 0 Å². The zero-order chi connectivity index (χ0) is 15.4. The molecule has 1 unspecified atom stereocenters. The summed E-state index contributed by atoms with van der Waals surface area (Å²) < 4.78 is 0. The maximum absolute atomic E-state index is 9.32. The van der Waals surface area contributed by atoms with Gasteiger partial charge in [0.1, 0.15) is 0 Å². The van der Waals surface area contributed by atoms with E-state index in [1.165, 1.54) is 13.0 Å². The van der Waals surface area contributed by atoms with Crippen LogP contribution >= 0.6 is 0 Å². The highest BCUT2D eigenvalue weighted by Crippen LogP contribution is 2.13. The fraction of sp³-hybridized carbons (Fsp3) is 1.00. The molecule has 1 atom stereocenters. The Balaban J connectivity index is 3.87. The molecule has 0 bridgehead atoms. The number of hydrogen-bond acceptors (Lipinski definition) is 4. The van der Waals surface area contributed by atoms with Crippen molar-refractivity contribution in [2.24, 2.45) is 5.73 Å². The Morgan fingerprint density at radius 3 is 1.80 bits per heavy atom. The van der Waals surface area contributed by atoms with Crippen molar-refractivity contribution >= 4 is 0 Å². The van der Waals surface area contributed by atoms with Crippen LogP contribution in [0.2, 0.25) is 0 Å². The summed E-state index contributed by atoms with van der Waals surface area (Å²) in [6.07, 6.45) is 4.06. The smallest absolute Gasteiger partial charge is 0.0611 e. The maximum Gasteiger partial charge on any atom is 0.0611 e. The van der Waals surface area contributed by atoms with Gasteiger partial charge in [0.05, 0.1) is 6.61 Å². The van der Waals surface area contributed by atoms with Crippen molar-refractivity contribution in [1.82, 2.24) is 9.80 Å². The van der Waals surface area contributed by atoms with Crippen LogP contribution in [0.3, 0.4) is 0 Å². The lowest BCUT2D eigenvalue weighted by molar-refractivity contribution is 0.171. The molecular weight excluding hydrogens is 250 g/mol. The third-order valence-electron chi connectivity index (χ3n) is 4.46. The molecule has 0 aromatic carbocycles. The van der Waals surface area contributed by atoms with E-state index in [1.54, 1.807) is 0 Å². The molecule has 4 heteroatoms. The van der Waals surface area contributed by atoms with Crippen LogP contribution in [0.4, 0.5) is 0 Å². The molecule has 0 fully saturated rings. The van der Waals surface area contributed by atoms with Crippen LogP contribution < -0.4 is 5.73 Å². The number of nitrogens with zero attached hydrogens (tertiary/aromatic N) is 2. The largest absolute Gasteiger partial charge is 0.394 e. The lowest BCUT2D eigenvalue weighted by Crippen LogP contribution is -2.43. The summed E-state index contributed by atoms with van der Waals surface area (Å²) in [5.41, 5.74) is 5.75. The van der Waals surface area contributed by atoms with Crippen LogP contribution in [0.25, 0.3) is 0 Å². The van der Waals surface area contributed by atoms with Crippen molar-refractivity contribution in [3.63, 3.8) is 0 Å². The van der Waals surface area contributed by atoms with Gasteiger partial charge in [-0.25, -0.2) is 0 Å². The fourth-order valence-electron chi connectivity index (χ4n) is 2.51. The van der Waals surface area contributed by atoms with E-state index in [0.717, 1.165) is 52.0 Å². The molecule has 0 rings (SSSR count). The van der Waals surface area contributed by atoms with Crippen LogP contribution in [0.15, 0.2) is 0 Å². The summed E-state index contributed by atoms with van der Waals surface area (Å²) in [6, 6.07) is 0. The van der Waals surface area contributed by atoms with E-state index in [-0.39, 0.29) is 12.1 Å². The maximum atomic E-state index is 9.32. The van der Waals surface area contributed by atoms with E-state index in [0.29, 0.717) is 0 Å². The van der Waals surface area contributed by atoms with Gasteiger partial charge in [0.25, 0.3) is 0 Å². The SMILES string of the molecule is CCN(CC)CCCN(CC)CCCC(N)(CC)CO. The zero-order valence-electron chi connectivity index (χ0n) is 14.2. The monoisotopic (exact) mass is 287 g/mol. The molecule has 0 aliphatic rings. The third-order valence-corrected chi connectivity index (χ3v) is 4.46. The van der Waals surface area contributed by atoms with Crippen LogP contribution in [0.1, 0.15) is 53.4 Å². The van der Waals surface area contributed by atoms with E-state index in [4.69, 9.17) is 5.73 Å². The van der Waals surface area contributed by atoms with Crippen molar-refractivity contribution in [3.8, 4) is 0 Å². The second-order valence-corrected chi connectivity index (χ2v) is 5.79. The van der Waals surface area contributed by atoms with Crippen LogP contribution in [-0.4, -0.2) is 66.3 Å². The van der Waals surface area contributed by atoms with E-state index >= 15 is 0 Å². The fourth-order valence-corrected chi connectivity index (χ4v) is 2.51. The van der Waals surface area contributed by atoms with Crippen molar-refractivity contribution in [1.29, 1.82) is 0 Å². The molecule has 0 aliphatic carbocycles. The molecule has 3 N–H and O–H groups in total. The first-order chi connectivity index (χ1) is 9.55. The Morgan fingerprint density at radius 1 is 0.850 bits per heavy atom. The van der Waals surface area contributed by atoms with Crippen molar-refractivity contribution < 1.29 is 5.11 Å². The number of aliphatic hydroxyl groups is 1. The quantitative estimate of drug-likeness (QED) is 0.543. The van der Waals surface area contributed by atoms with Crippen molar-refractivity contribution in [2.45, 2.75) is 58.9 Å². The Bertz CT molecular complexity index is 216. The van der Waals surface area contributed by atoms with Gasteiger partial charge in [0, 0.05) is 5.54 Å². The molecule has 0 aromatic rings. The molecule has 20 heavy (non-hydrogen) atoms. The summed E-state index contributed by atoms with van der Waals surface area (Å²) in [7, 11) is 0. The molecule has 0 saturated heterocycles. The molecule has 0 radical (unpaired) electrons. The number of aliphatic hydroxyl groups excluding tert-OH is 1. The van der Waals surface area contributed by atoms with Crippen LogP contribution in [0.5, 0.6) is 0 Å². The number of nitrogens with two attached hydrogens (primary N) is 1. The molecule has 0 heterocycles. The average Bonchev–Trinajstić information content (AvgIpc) is 2.49. The minimum Gasteiger partial charge on any atom is -0.394 e. The zero-order valence-corrected chi connectivity index (χ0v) is 14.2. The highest BCUT2D eigenvalue weighted by molar-refractivity contribution is 4.81. The standard InChI is InChI=1S/C16H37N3O/c1-5-16(17,15-20)11-9-12-19(8-4)14-10-13-18(6-2)7-3/h20H,5-15,17H2,1-4H3. The minimum atomic E-state index is -0.374. The van der Waals surface area contributed by atoms with Gasteiger partial charge in [-0.15, -0.1) is 0 Å². The molecule has 0 amide bonds. The Morgan fingerprint density at radius 2 is 1.35 bits per heavy atom. The van der Waals surface area contributed by atoms with Crippen molar-refractivity contribution in [3.05, 3.63) is 0 Å². The van der Waals surface area contributed by atoms with Gasteiger partial charge in [-0.2, -0.15) is 0 Å². The number of rotatable bonds is 13. The topological polar surface area (TPSA) is 52.7 Å². The Kier molecular flexibility index (Phi) is 11.4. The predicted octanol–water partition coefficient (Wildman–Crippen LogP) is 1.92. The highest BCUT2D eigenvalue weighted by atomic mass is 16.3. The Labute approximate surface area is 126 Å². The minimum absolute atomic E-state index is 0.0948. The van der Waals surface area contributed by atoms with Gasteiger partial charge in [-0.1, -0.05) is 27.7 Å². The molecule has 122 valence electrons. The molecular formula is C16H37N3O. The van der Waals surface area contributed by atoms with E-state index in [9.17, 15) is 5.11 Å². The van der Waals surface area contributed by atoms with Gasteiger partial charge >= 0.3 is 0 Å². The first kappa shape index (κ1) is 19.8. The van der Waals surface area contributed by atoms with Gasteiger partial charge < -0.3 is 20.6 Å². The molecule has 0 saturated carbocycles.